The molecule has 2 heterocycles. The molecule has 3 rings (SSSR count). The Morgan fingerprint density at radius 2 is 1.82 bits per heavy atom. The minimum atomic E-state index is -3.71. The summed E-state index contributed by atoms with van der Waals surface area (Å²) in [6, 6.07) is 4.67. The Morgan fingerprint density at radius 3 is 2.46 bits per heavy atom. The molecule has 2 saturated heterocycles. The number of anilines is 1. The topological polar surface area (TPSA) is 76.2 Å². The van der Waals surface area contributed by atoms with Crippen molar-refractivity contribution in [3.63, 3.8) is 0 Å². The number of piperidine rings is 1. The van der Waals surface area contributed by atoms with Crippen molar-refractivity contribution >= 4 is 33.3 Å². The van der Waals surface area contributed by atoms with E-state index >= 15 is 0 Å². The van der Waals surface area contributed by atoms with Crippen molar-refractivity contribution < 1.29 is 22.7 Å². The van der Waals surface area contributed by atoms with Crippen molar-refractivity contribution in [2.24, 2.45) is 0 Å². The molecule has 0 aliphatic carbocycles. The van der Waals surface area contributed by atoms with Gasteiger partial charge in [0.2, 0.25) is 10.0 Å². The van der Waals surface area contributed by atoms with Crippen molar-refractivity contribution in [1.82, 2.24) is 4.31 Å². The third kappa shape index (κ3) is 4.86. The summed E-state index contributed by atoms with van der Waals surface area (Å²) in [4.78, 5) is 14.9. The fraction of sp³-hybridized carbons (Fsp3) is 0.526. The molecule has 0 atom stereocenters. The van der Waals surface area contributed by atoms with Crippen LogP contribution in [0.2, 0.25) is 0 Å². The van der Waals surface area contributed by atoms with E-state index in [9.17, 15) is 13.2 Å². The molecule has 154 valence electrons. The van der Waals surface area contributed by atoms with E-state index in [1.807, 2.05) is 0 Å². The maximum atomic E-state index is 13.0. The van der Waals surface area contributed by atoms with Gasteiger partial charge in [-0.05, 0) is 37.5 Å². The lowest BCUT2D eigenvalue weighted by molar-refractivity contribution is 0.0546. The maximum Gasteiger partial charge on any atom is 0.340 e. The second-order valence-corrected chi connectivity index (χ2v) is 9.31. The van der Waals surface area contributed by atoms with Crippen molar-refractivity contribution in [2.75, 3.05) is 50.9 Å². The van der Waals surface area contributed by atoms with Crippen molar-refractivity contribution in [1.29, 1.82) is 0 Å². The molecule has 0 unspecified atom stereocenters. The molecule has 0 radical (unpaired) electrons. The third-order valence-electron chi connectivity index (χ3n) is 4.85. The number of halogens is 1. The number of hydrogen-bond acceptors (Lipinski definition) is 6. The molecule has 28 heavy (non-hydrogen) atoms. The Labute approximate surface area is 170 Å². The van der Waals surface area contributed by atoms with Gasteiger partial charge in [-0.3, -0.25) is 0 Å². The van der Waals surface area contributed by atoms with E-state index in [2.05, 4.69) is 11.5 Å². The van der Waals surface area contributed by atoms with Gasteiger partial charge in [-0.1, -0.05) is 18.2 Å². The summed E-state index contributed by atoms with van der Waals surface area (Å²) in [6.07, 6.45) is 3.20. The molecule has 1 aromatic carbocycles. The standard InChI is InChI=1S/C19H25ClN2O5S/c1-15(20)14-27-19(23)17-13-16(28(24,25)22-9-11-26-12-10-22)5-6-18(17)21-7-3-2-4-8-21/h5-6,13H,1-4,7-12,14H2. The number of hydrogen-bond donors (Lipinski definition) is 0. The van der Waals surface area contributed by atoms with Gasteiger partial charge in [-0.15, -0.1) is 0 Å². The number of morpholine rings is 1. The van der Waals surface area contributed by atoms with E-state index in [0.29, 0.717) is 32.0 Å². The summed E-state index contributed by atoms with van der Waals surface area (Å²) in [5, 5.41) is 0.199. The van der Waals surface area contributed by atoms with Crippen LogP contribution < -0.4 is 4.90 Å². The van der Waals surface area contributed by atoms with Crippen LogP contribution in [0.1, 0.15) is 29.6 Å². The highest BCUT2D eigenvalue weighted by atomic mass is 35.5. The average Bonchev–Trinajstić information content (AvgIpc) is 2.72. The van der Waals surface area contributed by atoms with Gasteiger partial charge in [-0.25, -0.2) is 13.2 Å². The Morgan fingerprint density at radius 1 is 1.14 bits per heavy atom. The number of rotatable bonds is 6. The molecule has 2 aliphatic rings. The van der Waals surface area contributed by atoms with E-state index in [0.717, 1.165) is 32.4 Å². The molecule has 0 amide bonds. The lowest BCUT2D eigenvalue weighted by Gasteiger charge is -2.31. The van der Waals surface area contributed by atoms with E-state index in [1.165, 1.54) is 10.4 Å². The predicted molar refractivity (Wildman–Crippen MR) is 107 cm³/mol. The van der Waals surface area contributed by atoms with E-state index in [1.54, 1.807) is 12.1 Å². The normalized spacial score (nSPS) is 18.7. The van der Waals surface area contributed by atoms with Gasteiger partial charge in [0.05, 0.1) is 29.4 Å². The molecular formula is C19H25ClN2O5S. The zero-order valence-electron chi connectivity index (χ0n) is 15.7. The molecule has 9 heteroatoms. The highest BCUT2D eigenvalue weighted by Crippen LogP contribution is 2.29. The molecule has 1 aromatic rings. The number of benzene rings is 1. The first kappa shape index (κ1) is 21.1. The van der Waals surface area contributed by atoms with E-state index in [-0.39, 0.29) is 22.1 Å². The summed E-state index contributed by atoms with van der Waals surface area (Å²) in [6.45, 7) is 6.33. The minimum Gasteiger partial charge on any atom is -0.456 e. The van der Waals surface area contributed by atoms with Gasteiger partial charge < -0.3 is 14.4 Å². The molecule has 2 fully saturated rings. The summed E-state index contributed by atoms with van der Waals surface area (Å²) >= 11 is 5.71. The second-order valence-electron chi connectivity index (χ2n) is 6.84. The van der Waals surface area contributed by atoms with Crippen LogP contribution >= 0.6 is 11.6 Å². The second kappa shape index (κ2) is 9.26. The van der Waals surface area contributed by atoms with Gasteiger partial charge in [0.1, 0.15) is 6.61 Å². The van der Waals surface area contributed by atoms with Crippen LogP contribution in [0.3, 0.4) is 0 Å². The smallest absolute Gasteiger partial charge is 0.340 e. The highest BCUT2D eigenvalue weighted by Gasteiger charge is 2.29. The van der Waals surface area contributed by atoms with Gasteiger partial charge in [0, 0.05) is 31.2 Å². The zero-order chi connectivity index (χ0) is 20.1. The van der Waals surface area contributed by atoms with Crippen LogP contribution in [0.15, 0.2) is 34.7 Å². The maximum absolute atomic E-state index is 13.0. The SMILES string of the molecule is C=C(Cl)COC(=O)c1cc(S(=O)(=O)N2CCOCC2)ccc1N1CCCCC1. The zero-order valence-corrected chi connectivity index (χ0v) is 17.3. The van der Waals surface area contributed by atoms with Gasteiger partial charge in [0.15, 0.2) is 0 Å². The average molecular weight is 429 g/mol. The summed E-state index contributed by atoms with van der Waals surface area (Å²) < 4.78 is 37.8. The largest absolute Gasteiger partial charge is 0.456 e. The monoisotopic (exact) mass is 428 g/mol. The van der Waals surface area contributed by atoms with Crippen LogP contribution in [0.5, 0.6) is 0 Å². The Bertz CT molecular complexity index is 831. The van der Waals surface area contributed by atoms with Gasteiger partial charge >= 0.3 is 5.97 Å². The van der Waals surface area contributed by atoms with E-state index in [4.69, 9.17) is 21.1 Å². The number of ether oxygens (including phenoxy) is 2. The number of sulfonamides is 1. The Hall–Kier alpha value is -1.61. The lowest BCUT2D eigenvalue weighted by Crippen LogP contribution is -2.40. The number of esters is 1. The van der Waals surface area contributed by atoms with Crippen LogP contribution in [-0.4, -0.2) is 64.7 Å². The molecule has 0 spiro atoms. The molecule has 2 aliphatic heterocycles. The number of carbonyl (C=O) groups is 1. The molecular weight excluding hydrogens is 404 g/mol. The van der Waals surface area contributed by atoms with Gasteiger partial charge in [-0.2, -0.15) is 4.31 Å². The fourth-order valence-electron chi connectivity index (χ4n) is 3.41. The summed E-state index contributed by atoms with van der Waals surface area (Å²) in [5.41, 5.74) is 0.917. The van der Waals surface area contributed by atoms with Crippen LogP contribution in [0.25, 0.3) is 0 Å². The Kier molecular flexibility index (Phi) is 6.98. The Balaban J connectivity index is 1.95. The molecule has 0 bridgehead atoms. The van der Waals surface area contributed by atoms with Crippen molar-refractivity contribution in [2.45, 2.75) is 24.2 Å². The number of nitrogens with zero attached hydrogens (tertiary/aromatic N) is 2. The summed E-state index contributed by atoms with van der Waals surface area (Å²) in [7, 11) is -3.71. The van der Waals surface area contributed by atoms with Crippen molar-refractivity contribution in [3.8, 4) is 0 Å². The first-order valence-electron chi connectivity index (χ1n) is 9.37. The molecule has 0 saturated carbocycles. The third-order valence-corrected chi connectivity index (χ3v) is 6.86. The quantitative estimate of drug-likeness (QED) is 0.648. The number of carbonyl (C=O) groups excluding carboxylic acids is 1. The lowest BCUT2D eigenvalue weighted by atomic mass is 10.1. The first-order valence-corrected chi connectivity index (χ1v) is 11.2. The highest BCUT2D eigenvalue weighted by molar-refractivity contribution is 7.89. The predicted octanol–water partition coefficient (Wildman–Crippen LogP) is 2.61. The van der Waals surface area contributed by atoms with Crippen molar-refractivity contribution in [3.05, 3.63) is 35.4 Å². The van der Waals surface area contributed by atoms with E-state index < -0.39 is 16.0 Å². The van der Waals surface area contributed by atoms with Crippen LogP contribution in [0, 0.1) is 0 Å². The van der Waals surface area contributed by atoms with Gasteiger partial charge in [0.25, 0.3) is 0 Å². The fourth-order valence-corrected chi connectivity index (χ4v) is 4.90. The minimum absolute atomic E-state index is 0.0757. The summed E-state index contributed by atoms with van der Waals surface area (Å²) in [5.74, 6) is -0.610. The molecule has 7 nitrogen and oxygen atoms in total. The van der Waals surface area contributed by atoms with Crippen LogP contribution in [-0.2, 0) is 19.5 Å². The molecule has 0 aromatic heterocycles. The van der Waals surface area contributed by atoms with Crippen LogP contribution in [0.4, 0.5) is 5.69 Å². The first-order chi connectivity index (χ1) is 13.4. The molecule has 0 N–H and O–H groups in total.